The first-order valence-electron chi connectivity index (χ1n) is 5.65. The summed E-state index contributed by atoms with van der Waals surface area (Å²) in [7, 11) is -0.992. The lowest BCUT2D eigenvalue weighted by molar-refractivity contribution is 0.557. The summed E-state index contributed by atoms with van der Waals surface area (Å²) in [5.74, 6) is 1.29. The first kappa shape index (κ1) is 12.2. The van der Waals surface area contributed by atoms with E-state index in [4.69, 9.17) is 5.73 Å². The standard InChI is InChI=1S/C10H18N4O2S/c1-7-9(11)10(14(2)13-7)12-8-3-5-17(15,16)6-4-8/h8,12H,3-6,11H2,1-2H3. The van der Waals surface area contributed by atoms with Crippen molar-refractivity contribution in [2.45, 2.75) is 25.8 Å². The van der Waals surface area contributed by atoms with Gasteiger partial charge in [-0.15, -0.1) is 0 Å². The highest BCUT2D eigenvalue weighted by atomic mass is 32.2. The Hall–Kier alpha value is -1.24. The average molecular weight is 258 g/mol. The molecule has 1 aliphatic heterocycles. The third kappa shape index (κ3) is 2.54. The Morgan fingerprint density at radius 2 is 2.00 bits per heavy atom. The van der Waals surface area contributed by atoms with Crippen molar-refractivity contribution in [1.82, 2.24) is 9.78 Å². The van der Waals surface area contributed by atoms with E-state index in [2.05, 4.69) is 10.4 Å². The van der Waals surface area contributed by atoms with Crippen LogP contribution in [0, 0.1) is 6.92 Å². The number of nitrogens with two attached hydrogens (primary N) is 1. The van der Waals surface area contributed by atoms with E-state index in [0.29, 0.717) is 18.5 Å². The summed E-state index contributed by atoms with van der Waals surface area (Å²) < 4.78 is 24.3. The molecule has 0 amide bonds. The second-order valence-corrected chi connectivity index (χ2v) is 6.85. The lowest BCUT2D eigenvalue weighted by atomic mass is 10.1. The second-order valence-electron chi connectivity index (χ2n) is 4.54. The van der Waals surface area contributed by atoms with Crippen molar-refractivity contribution in [1.29, 1.82) is 0 Å². The molecule has 0 radical (unpaired) electrons. The molecular weight excluding hydrogens is 240 g/mol. The van der Waals surface area contributed by atoms with E-state index in [0.717, 1.165) is 11.5 Å². The van der Waals surface area contributed by atoms with Crippen molar-refractivity contribution >= 4 is 21.3 Å². The molecule has 0 aromatic carbocycles. The van der Waals surface area contributed by atoms with Crippen LogP contribution in [-0.2, 0) is 16.9 Å². The van der Waals surface area contributed by atoms with Crippen LogP contribution in [0.15, 0.2) is 0 Å². The average Bonchev–Trinajstić information content (AvgIpc) is 2.48. The van der Waals surface area contributed by atoms with Gasteiger partial charge >= 0.3 is 0 Å². The van der Waals surface area contributed by atoms with Crippen molar-refractivity contribution in [2.24, 2.45) is 7.05 Å². The first-order valence-corrected chi connectivity index (χ1v) is 7.47. The lowest BCUT2D eigenvalue weighted by Gasteiger charge is -2.24. The Bertz CT molecular complexity index is 507. The number of hydrogen-bond donors (Lipinski definition) is 2. The molecule has 0 aliphatic carbocycles. The minimum Gasteiger partial charge on any atom is -0.394 e. The van der Waals surface area contributed by atoms with Crippen molar-refractivity contribution in [3.63, 3.8) is 0 Å². The summed E-state index contributed by atoms with van der Waals surface area (Å²) in [6.45, 7) is 1.85. The molecule has 7 heteroatoms. The molecule has 1 aliphatic rings. The SMILES string of the molecule is Cc1nn(C)c(NC2CCS(=O)(=O)CC2)c1N. The highest BCUT2D eigenvalue weighted by molar-refractivity contribution is 7.91. The molecule has 0 saturated carbocycles. The molecule has 6 nitrogen and oxygen atoms in total. The molecule has 0 unspecified atom stereocenters. The maximum absolute atomic E-state index is 11.3. The van der Waals surface area contributed by atoms with Crippen LogP contribution < -0.4 is 11.1 Å². The van der Waals surface area contributed by atoms with Gasteiger partial charge in [-0.1, -0.05) is 0 Å². The molecule has 1 aromatic heterocycles. The molecular formula is C10H18N4O2S. The van der Waals surface area contributed by atoms with Gasteiger partial charge in [-0.05, 0) is 19.8 Å². The number of nitrogen functional groups attached to an aromatic ring is 1. The molecule has 96 valence electrons. The van der Waals surface area contributed by atoms with Gasteiger partial charge in [0.05, 0.1) is 22.9 Å². The van der Waals surface area contributed by atoms with Crippen LogP contribution in [0.1, 0.15) is 18.5 Å². The molecule has 0 atom stereocenters. The van der Waals surface area contributed by atoms with E-state index in [1.807, 2.05) is 14.0 Å². The molecule has 17 heavy (non-hydrogen) atoms. The van der Waals surface area contributed by atoms with Gasteiger partial charge in [0.25, 0.3) is 0 Å². The quantitative estimate of drug-likeness (QED) is 0.796. The summed E-state index contributed by atoms with van der Waals surface area (Å²) in [5.41, 5.74) is 7.34. The summed E-state index contributed by atoms with van der Waals surface area (Å²) in [5, 5.41) is 7.50. The van der Waals surface area contributed by atoms with Crippen LogP contribution in [0.25, 0.3) is 0 Å². The van der Waals surface area contributed by atoms with Gasteiger partial charge in [0.2, 0.25) is 0 Å². The zero-order chi connectivity index (χ0) is 12.6. The summed E-state index contributed by atoms with van der Waals surface area (Å²) in [6.07, 6.45) is 1.26. The normalized spacial score (nSPS) is 20.4. The monoisotopic (exact) mass is 258 g/mol. The van der Waals surface area contributed by atoms with Crippen LogP contribution >= 0.6 is 0 Å². The number of nitrogens with one attached hydrogen (secondary N) is 1. The summed E-state index contributed by atoms with van der Waals surface area (Å²) >= 11 is 0. The summed E-state index contributed by atoms with van der Waals surface area (Å²) in [4.78, 5) is 0. The second kappa shape index (κ2) is 4.21. The fourth-order valence-corrected chi connectivity index (χ4v) is 3.56. The number of rotatable bonds is 2. The van der Waals surface area contributed by atoms with Crippen molar-refractivity contribution in [3.05, 3.63) is 5.69 Å². The smallest absolute Gasteiger partial charge is 0.150 e. The predicted molar refractivity (Wildman–Crippen MR) is 67.7 cm³/mol. The molecule has 1 saturated heterocycles. The van der Waals surface area contributed by atoms with Crippen LogP contribution in [0.5, 0.6) is 0 Å². The zero-order valence-electron chi connectivity index (χ0n) is 10.1. The number of aryl methyl sites for hydroxylation is 2. The number of nitrogens with zero attached hydrogens (tertiary/aromatic N) is 2. The molecule has 0 bridgehead atoms. The van der Waals surface area contributed by atoms with Crippen molar-refractivity contribution < 1.29 is 8.42 Å². The van der Waals surface area contributed by atoms with Crippen LogP contribution in [0.4, 0.5) is 11.5 Å². The minimum atomic E-state index is -2.82. The van der Waals surface area contributed by atoms with Crippen LogP contribution in [0.2, 0.25) is 0 Å². The van der Waals surface area contributed by atoms with Gasteiger partial charge in [0, 0.05) is 13.1 Å². The van der Waals surface area contributed by atoms with Gasteiger partial charge in [-0.2, -0.15) is 5.10 Å². The maximum Gasteiger partial charge on any atom is 0.150 e. The number of anilines is 2. The third-order valence-electron chi connectivity index (χ3n) is 3.16. The predicted octanol–water partition coefficient (Wildman–Crippen LogP) is 0.300. The van der Waals surface area contributed by atoms with Crippen LogP contribution in [-0.4, -0.2) is 35.7 Å². The van der Waals surface area contributed by atoms with Gasteiger partial charge in [0.1, 0.15) is 15.7 Å². The Morgan fingerprint density at radius 3 is 2.47 bits per heavy atom. The fourth-order valence-electron chi connectivity index (χ4n) is 2.07. The van der Waals surface area contributed by atoms with E-state index < -0.39 is 9.84 Å². The van der Waals surface area contributed by atoms with Crippen molar-refractivity contribution in [3.8, 4) is 0 Å². The van der Waals surface area contributed by atoms with E-state index in [-0.39, 0.29) is 17.5 Å². The van der Waals surface area contributed by atoms with E-state index >= 15 is 0 Å². The van der Waals surface area contributed by atoms with Gasteiger partial charge in [-0.3, -0.25) is 4.68 Å². The Labute approximate surface area is 101 Å². The Morgan fingerprint density at radius 1 is 1.41 bits per heavy atom. The molecule has 1 aromatic rings. The van der Waals surface area contributed by atoms with Gasteiger partial charge in [-0.25, -0.2) is 8.42 Å². The molecule has 1 fully saturated rings. The first-order chi connectivity index (χ1) is 7.89. The minimum absolute atomic E-state index is 0.163. The number of hydrogen-bond acceptors (Lipinski definition) is 5. The van der Waals surface area contributed by atoms with Gasteiger partial charge in [0.15, 0.2) is 0 Å². The highest BCUT2D eigenvalue weighted by Gasteiger charge is 2.24. The van der Waals surface area contributed by atoms with Crippen LogP contribution in [0.3, 0.4) is 0 Å². The Balaban J connectivity index is 2.07. The molecule has 2 heterocycles. The fraction of sp³-hybridized carbons (Fsp3) is 0.700. The molecule has 0 spiro atoms. The van der Waals surface area contributed by atoms with Gasteiger partial charge < -0.3 is 11.1 Å². The van der Waals surface area contributed by atoms with E-state index in [1.165, 1.54) is 0 Å². The van der Waals surface area contributed by atoms with E-state index in [9.17, 15) is 8.42 Å². The van der Waals surface area contributed by atoms with E-state index in [1.54, 1.807) is 4.68 Å². The Kier molecular flexibility index (Phi) is 3.03. The maximum atomic E-state index is 11.3. The highest BCUT2D eigenvalue weighted by Crippen LogP contribution is 2.24. The lowest BCUT2D eigenvalue weighted by Crippen LogP contribution is -2.32. The molecule has 3 N–H and O–H groups in total. The number of aromatic nitrogens is 2. The topological polar surface area (TPSA) is 90.0 Å². The molecule has 2 rings (SSSR count). The summed E-state index contributed by atoms with van der Waals surface area (Å²) in [6, 6.07) is 0.163. The zero-order valence-corrected chi connectivity index (χ0v) is 10.9. The largest absolute Gasteiger partial charge is 0.394 e. The third-order valence-corrected chi connectivity index (χ3v) is 4.88. The van der Waals surface area contributed by atoms with Crippen molar-refractivity contribution in [2.75, 3.05) is 22.6 Å². The number of sulfone groups is 1.